The number of anilines is 3. The first-order valence-corrected chi connectivity index (χ1v) is 24.2. The topological polar surface area (TPSA) is 224 Å². The lowest BCUT2D eigenvalue weighted by Crippen LogP contribution is -2.50. The van der Waals surface area contributed by atoms with Crippen LogP contribution >= 0.6 is 0 Å². The number of methoxy groups -OCH3 is 2. The summed E-state index contributed by atoms with van der Waals surface area (Å²) >= 11 is 0. The number of benzene rings is 4. The van der Waals surface area contributed by atoms with Gasteiger partial charge in [0.1, 0.15) is 18.5 Å². The summed E-state index contributed by atoms with van der Waals surface area (Å²) in [5, 5.41) is 20.8. The molecule has 9 rings (SSSR count). The highest BCUT2D eigenvalue weighted by Crippen LogP contribution is 2.57. The zero-order valence-electron chi connectivity index (χ0n) is 40.9. The number of carbonyl (C=O) groups excluding carboxylic acids is 5. The van der Waals surface area contributed by atoms with E-state index in [9.17, 15) is 33.5 Å². The third-order valence-electron chi connectivity index (χ3n) is 14.2. The fraction of sp³-hybridized carbons (Fsp3) is 0.415. The second kappa shape index (κ2) is 20.4. The average Bonchev–Trinajstić information content (AvgIpc) is 3.88. The molecule has 19 heteroatoms. The smallest absolute Gasteiger partial charge is 0.416 e. The second-order valence-corrected chi connectivity index (χ2v) is 19.5. The van der Waals surface area contributed by atoms with Crippen molar-refractivity contribution in [3.63, 3.8) is 0 Å². The summed E-state index contributed by atoms with van der Waals surface area (Å²) in [6.45, 7) is 6.22. The van der Waals surface area contributed by atoms with Crippen LogP contribution in [-0.4, -0.2) is 116 Å². The molecule has 1 unspecified atom stereocenters. The molecule has 2 fully saturated rings. The molecule has 5 aliphatic rings. The maximum atomic E-state index is 14.3. The van der Waals surface area contributed by atoms with Gasteiger partial charge in [-0.15, -0.1) is 0 Å². The molecule has 0 bridgehead atoms. The number of nitrogens with two attached hydrogens (primary N) is 1. The molecule has 72 heavy (non-hydrogen) atoms. The summed E-state index contributed by atoms with van der Waals surface area (Å²) < 4.78 is 43.2. The molecular weight excluding hydrogens is 930 g/mol. The Hall–Kier alpha value is -7.38. The first-order valence-electron chi connectivity index (χ1n) is 24.2. The minimum absolute atomic E-state index is 0.0943. The summed E-state index contributed by atoms with van der Waals surface area (Å²) in [5.74, 6) is -0.598. The van der Waals surface area contributed by atoms with Crippen LogP contribution in [0, 0.1) is 17.2 Å². The van der Waals surface area contributed by atoms with Gasteiger partial charge < -0.3 is 60.3 Å². The molecule has 0 radical (unpaired) electrons. The highest BCUT2D eigenvalue weighted by Gasteiger charge is 2.58. The molecule has 4 aromatic carbocycles. The molecule has 4 aromatic rings. The van der Waals surface area contributed by atoms with E-state index in [-0.39, 0.29) is 77.6 Å². The minimum Gasteiger partial charge on any atom is -0.493 e. The highest BCUT2D eigenvalue weighted by molar-refractivity contribution is 6.06. The highest BCUT2D eigenvalue weighted by atomic mass is 19.1. The Kier molecular flexibility index (Phi) is 14.0. The summed E-state index contributed by atoms with van der Waals surface area (Å²) in [6.07, 6.45) is 2.83. The Labute approximate surface area is 416 Å². The van der Waals surface area contributed by atoms with Crippen molar-refractivity contribution in [2.24, 2.45) is 17.1 Å². The van der Waals surface area contributed by atoms with Gasteiger partial charge in [0.25, 0.3) is 11.8 Å². The van der Waals surface area contributed by atoms with Crippen molar-refractivity contribution in [3.05, 3.63) is 107 Å². The number of halogens is 1. The van der Waals surface area contributed by atoms with E-state index in [1.807, 2.05) is 20.0 Å². The lowest BCUT2D eigenvalue weighted by molar-refractivity contribution is -0.127. The van der Waals surface area contributed by atoms with Crippen molar-refractivity contribution in [2.75, 3.05) is 56.1 Å². The first kappa shape index (κ1) is 49.6. The maximum Gasteiger partial charge on any atom is 0.416 e. The number of amides is 5. The molecule has 380 valence electrons. The van der Waals surface area contributed by atoms with Gasteiger partial charge in [0.15, 0.2) is 29.2 Å². The molecular formula is C53H60FN7O11. The van der Waals surface area contributed by atoms with Crippen LogP contribution in [0.15, 0.2) is 79.0 Å². The number of aliphatic hydroxyl groups is 1. The van der Waals surface area contributed by atoms with Gasteiger partial charge in [-0.2, -0.15) is 0 Å². The molecule has 1 spiro atoms. The molecule has 1 aliphatic carbocycles. The number of nitrogens with one attached hydrogen (secondary N) is 3. The number of ether oxygens (including phenoxy) is 5. The van der Waals surface area contributed by atoms with Gasteiger partial charge in [0, 0.05) is 43.5 Å². The van der Waals surface area contributed by atoms with E-state index < -0.39 is 42.3 Å². The monoisotopic (exact) mass is 989 g/mol. The minimum atomic E-state index is -1.44. The van der Waals surface area contributed by atoms with Gasteiger partial charge in [-0.25, -0.2) is 14.1 Å². The van der Waals surface area contributed by atoms with Crippen molar-refractivity contribution in [2.45, 2.75) is 89.9 Å². The number of carbonyl (C=O) groups is 5. The lowest BCUT2D eigenvalue weighted by atomic mass is 10.0. The van der Waals surface area contributed by atoms with Crippen LogP contribution in [0.2, 0.25) is 0 Å². The second-order valence-electron chi connectivity index (χ2n) is 19.5. The molecule has 5 atom stereocenters. The van der Waals surface area contributed by atoms with E-state index in [1.54, 1.807) is 65.3 Å². The summed E-state index contributed by atoms with van der Waals surface area (Å²) in [5.41, 5.74) is 9.90. The van der Waals surface area contributed by atoms with E-state index in [1.165, 1.54) is 38.5 Å². The van der Waals surface area contributed by atoms with Gasteiger partial charge in [-0.3, -0.25) is 19.2 Å². The van der Waals surface area contributed by atoms with Crippen LogP contribution in [0.25, 0.3) is 5.57 Å². The lowest BCUT2D eigenvalue weighted by Gasteiger charge is -2.31. The molecule has 4 heterocycles. The third-order valence-corrected chi connectivity index (χ3v) is 14.2. The van der Waals surface area contributed by atoms with Crippen LogP contribution < -0.4 is 45.5 Å². The van der Waals surface area contributed by atoms with Gasteiger partial charge in [0.2, 0.25) is 11.8 Å². The number of aliphatic hydroxyl groups excluding tert-OH is 1. The molecule has 5 amide bonds. The number of hydrogen-bond acceptors (Lipinski definition) is 13. The predicted molar refractivity (Wildman–Crippen MR) is 264 cm³/mol. The van der Waals surface area contributed by atoms with Crippen molar-refractivity contribution >= 4 is 52.4 Å². The standard InChI is InChI=1S/C53H60FN7O11/c1-29(2)46(55)48(63)57-30(3)47(62)58-35-13-7-31(8-14-35)27-72-52(67)61-40-23-45(43(69-5)21-38(40)50(65)60-28-53(15-16-53)24-41(60)51(61)66)71-18-6-17-70-44-22-39-37(20-42(44)68-4)49(64)59-26-33(19-36(59)25-56-39)32-9-11-34(54)12-10-32/h7-14,20-23,26,29-30,36,41,46,51,56,66H,6,15-19,24-25,27-28,55H2,1-5H3,(H,57,63)(H,58,62)/t30-,36-,41-,46-,51?/m0/s1. The normalized spacial score (nSPS) is 20.2. The van der Waals surface area contributed by atoms with E-state index >= 15 is 0 Å². The largest absolute Gasteiger partial charge is 0.493 e. The van der Waals surface area contributed by atoms with E-state index in [2.05, 4.69) is 16.0 Å². The van der Waals surface area contributed by atoms with Crippen molar-refractivity contribution in [3.8, 4) is 23.0 Å². The molecule has 18 nitrogen and oxygen atoms in total. The number of rotatable bonds is 16. The van der Waals surface area contributed by atoms with E-state index in [0.717, 1.165) is 28.9 Å². The molecule has 1 saturated heterocycles. The maximum absolute atomic E-state index is 14.3. The van der Waals surface area contributed by atoms with Crippen LogP contribution in [0.1, 0.15) is 84.7 Å². The average molecular weight is 990 g/mol. The van der Waals surface area contributed by atoms with Gasteiger partial charge in [0.05, 0.1) is 68.1 Å². The van der Waals surface area contributed by atoms with Crippen LogP contribution in [-0.2, 0) is 20.9 Å². The Morgan fingerprint density at radius 2 is 1.54 bits per heavy atom. The summed E-state index contributed by atoms with van der Waals surface area (Å²) in [7, 11) is 2.95. The molecule has 4 aliphatic heterocycles. The quantitative estimate of drug-likeness (QED) is 0.0783. The van der Waals surface area contributed by atoms with Gasteiger partial charge in [-0.1, -0.05) is 38.1 Å². The predicted octanol–water partition coefficient (Wildman–Crippen LogP) is 6.27. The fourth-order valence-electron chi connectivity index (χ4n) is 9.69. The van der Waals surface area contributed by atoms with Gasteiger partial charge in [-0.05, 0) is 97.0 Å². The van der Waals surface area contributed by atoms with Crippen molar-refractivity contribution in [1.82, 2.24) is 15.1 Å². The number of hydrogen-bond donors (Lipinski definition) is 5. The Bertz CT molecular complexity index is 2780. The molecule has 6 N–H and O–H groups in total. The SMILES string of the molecule is COc1cc2c(cc1OCCCOc1cc3c(cc1OC)C(=O)N1CC4(CC4)C[C@H]1C(O)N3C(=O)OCc1ccc(NC(=O)[C@H](C)NC(=O)[C@@H](N)C(C)C)cc1)NC[C@@H]1CC(c3ccc(F)cc3)=CN1C2=O. The molecule has 0 aromatic heterocycles. The Balaban J connectivity index is 0.859. The van der Waals surface area contributed by atoms with Crippen LogP contribution in [0.4, 0.5) is 26.2 Å². The van der Waals surface area contributed by atoms with Crippen molar-refractivity contribution in [1.29, 1.82) is 0 Å². The first-order chi connectivity index (χ1) is 34.6. The Morgan fingerprint density at radius 1 is 0.875 bits per heavy atom. The third kappa shape index (κ3) is 10.1. The van der Waals surface area contributed by atoms with E-state index in [4.69, 9.17) is 29.4 Å². The van der Waals surface area contributed by atoms with Crippen molar-refractivity contribution < 1.29 is 57.2 Å². The number of fused-ring (bicyclic) bond motifs is 4. The zero-order chi connectivity index (χ0) is 51.0. The number of nitrogens with zero attached hydrogens (tertiary/aromatic N) is 3. The summed E-state index contributed by atoms with van der Waals surface area (Å²) in [6, 6.07) is 16.8. The Morgan fingerprint density at radius 3 is 2.19 bits per heavy atom. The van der Waals surface area contributed by atoms with E-state index in [0.29, 0.717) is 66.4 Å². The zero-order valence-corrected chi connectivity index (χ0v) is 40.9. The molecule has 1 saturated carbocycles. The van der Waals surface area contributed by atoms with Gasteiger partial charge >= 0.3 is 6.09 Å². The summed E-state index contributed by atoms with van der Waals surface area (Å²) in [4.78, 5) is 72.1. The van der Waals surface area contributed by atoms with Crippen LogP contribution in [0.5, 0.6) is 23.0 Å². The fourth-order valence-corrected chi connectivity index (χ4v) is 9.69. The van der Waals surface area contributed by atoms with Crippen LogP contribution in [0.3, 0.4) is 0 Å².